The number of methoxy groups -OCH3 is 1. The largest absolute Gasteiger partial charge is 0.495 e. The van der Waals surface area contributed by atoms with Gasteiger partial charge in [-0.25, -0.2) is 0 Å². The summed E-state index contributed by atoms with van der Waals surface area (Å²) in [5.41, 5.74) is 3.55. The molecular formula is C18H19N3O3S. The molecule has 3 aromatic rings. The van der Waals surface area contributed by atoms with Gasteiger partial charge >= 0.3 is 0 Å². The highest BCUT2D eigenvalue weighted by Gasteiger charge is 2.19. The van der Waals surface area contributed by atoms with Gasteiger partial charge in [0.1, 0.15) is 10.6 Å². The highest BCUT2D eigenvalue weighted by atomic mass is 32.2. The van der Waals surface area contributed by atoms with Crippen molar-refractivity contribution < 1.29 is 13.2 Å². The number of ether oxygens (including phenoxy) is 1. The van der Waals surface area contributed by atoms with Crippen molar-refractivity contribution in [1.29, 1.82) is 0 Å². The van der Waals surface area contributed by atoms with E-state index in [-0.39, 0.29) is 10.6 Å². The number of aromatic amines is 1. The molecule has 0 saturated carbocycles. The van der Waals surface area contributed by atoms with E-state index in [1.54, 1.807) is 18.2 Å². The Balaban J connectivity index is 1.91. The van der Waals surface area contributed by atoms with E-state index in [4.69, 9.17) is 4.74 Å². The van der Waals surface area contributed by atoms with Gasteiger partial charge in [0, 0.05) is 22.2 Å². The lowest BCUT2D eigenvalue weighted by Gasteiger charge is -2.09. The van der Waals surface area contributed by atoms with Crippen LogP contribution in [0.5, 0.6) is 5.75 Å². The van der Waals surface area contributed by atoms with Crippen molar-refractivity contribution >= 4 is 27.1 Å². The van der Waals surface area contributed by atoms with Crippen LogP contribution in [0.25, 0.3) is 10.9 Å². The number of benzene rings is 2. The number of rotatable bonds is 5. The monoisotopic (exact) mass is 357 g/mol. The number of hydrazone groups is 1. The molecule has 0 atom stereocenters. The first-order valence-corrected chi connectivity index (χ1v) is 9.17. The van der Waals surface area contributed by atoms with E-state index in [0.29, 0.717) is 0 Å². The molecule has 0 spiro atoms. The van der Waals surface area contributed by atoms with Crippen LogP contribution in [0.2, 0.25) is 0 Å². The lowest BCUT2D eigenvalue weighted by molar-refractivity contribution is 0.402. The van der Waals surface area contributed by atoms with Crippen molar-refractivity contribution in [1.82, 2.24) is 9.82 Å². The van der Waals surface area contributed by atoms with Gasteiger partial charge in [0.2, 0.25) is 0 Å². The van der Waals surface area contributed by atoms with E-state index in [1.807, 2.05) is 38.1 Å². The fourth-order valence-electron chi connectivity index (χ4n) is 2.67. The van der Waals surface area contributed by atoms with Crippen molar-refractivity contribution in [2.24, 2.45) is 5.10 Å². The van der Waals surface area contributed by atoms with Crippen LogP contribution in [0.15, 0.2) is 52.5 Å². The molecule has 25 heavy (non-hydrogen) atoms. The van der Waals surface area contributed by atoms with E-state index in [1.165, 1.54) is 13.3 Å². The fourth-order valence-corrected chi connectivity index (χ4v) is 3.72. The van der Waals surface area contributed by atoms with Crippen molar-refractivity contribution in [2.75, 3.05) is 7.11 Å². The van der Waals surface area contributed by atoms with Crippen LogP contribution in [0, 0.1) is 13.8 Å². The number of hydrogen-bond acceptors (Lipinski definition) is 4. The normalized spacial score (nSPS) is 12.0. The molecule has 0 saturated heterocycles. The van der Waals surface area contributed by atoms with Gasteiger partial charge < -0.3 is 9.72 Å². The van der Waals surface area contributed by atoms with Gasteiger partial charge in [-0.05, 0) is 37.6 Å². The van der Waals surface area contributed by atoms with Gasteiger partial charge in [0.15, 0.2) is 0 Å². The second-order valence-corrected chi connectivity index (χ2v) is 7.35. The number of sulfonamides is 1. The van der Waals surface area contributed by atoms with Gasteiger partial charge in [-0.3, -0.25) is 0 Å². The Morgan fingerprint density at radius 1 is 1.16 bits per heavy atom. The van der Waals surface area contributed by atoms with Crippen molar-refractivity contribution in [3.63, 3.8) is 0 Å². The Bertz CT molecular complexity index is 1050. The Hall–Kier alpha value is -2.80. The van der Waals surface area contributed by atoms with Crippen LogP contribution in [0.3, 0.4) is 0 Å². The van der Waals surface area contributed by atoms with Gasteiger partial charge in [0.25, 0.3) is 10.0 Å². The van der Waals surface area contributed by atoms with Crippen molar-refractivity contribution in [3.8, 4) is 5.75 Å². The van der Waals surface area contributed by atoms with Gasteiger partial charge in [-0.1, -0.05) is 24.3 Å². The van der Waals surface area contributed by atoms with Gasteiger partial charge in [-0.2, -0.15) is 18.4 Å². The summed E-state index contributed by atoms with van der Waals surface area (Å²) in [6.45, 7) is 3.73. The second kappa shape index (κ2) is 6.60. The van der Waals surface area contributed by atoms with E-state index in [0.717, 1.165) is 27.7 Å². The summed E-state index contributed by atoms with van der Waals surface area (Å²) in [7, 11) is -2.40. The molecule has 1 aromatic heterocycles. The molecule has 0 radical (unpaired) electrons. The number of fused-ring (bicyclic) bond motifs is 1. The number of hydrogen-bond donors (Lipinski definition) is 2. The van der Waals surface area contributed by atoms with Crippen LogP contribution in [0.1, 0.15) is 16.8 Å². The zero-order valence-corrected chi connectivity index (χ0v) is 15.0. The SMILES string of the molecule is COc1ccc(C)cc1S(=O)(=O)N/N=C/c1c(C)[nH]c2ccccc12. The van der Waals surface area contributed by atoms with E-state index in [9.17, 15) is 8.42 Å². The molecule has 0 aliphatic heterocycles. The molecule has 7 heteroatoms. The minimum Gasteiger partial charge on any atom is -0.495 e. The van der Waals surface area contributed by atoms with Crippen molar-refractivity contribution in [2.45, 2.75) is 18.7 Å². The smallest absolute Gasteiger partial charge is 0.280 e. The lowest BCUT2D eigenvalue weighted by atomic mass is 10.1. The minimum atomic E-state index is -3.83. The molecule has 0 aliphatic rings. The van der Waals surface area contributed by atoms with Crippen LogP contribution in [-0.4, -0.2) is 26.7 Å². The maximum Gasteiger partial charge on any atom is 0.280 e. The number of H-pyrrole nitrogens is 1. The molecular weight excluding hydrogens is 338 g/mol. The van der Waals surface area contributed by atoms with Gasteiger partial charge in [-0.15, -0.1) is 0 Å². The Morgan fingerprint density at radius 3 is 2.68 bits per heavy atom. The molecule has 0 aliphatic carbocycles. The number of nitrogens with one attached hydrogen (secondary N) is 2. The highest BCUT2D eigenvalue weighted by molar-refractivity contribution is 7.89. The first-order chi connectivity index (χ1) is 11.9. The molecule has 2 aromatic carbocycles. The molecule has 0 fully saturated rings. The Kier molecular flexibility index (Phi) is 4.50. The Morgan fingerprint density at radius 2 is 1.92 bits per heavy atom. The minimum absolute atomic E-state index is 0.0581. The topological polar surface area (TPSA) is 83.6 Å². The van der Waals surface area contributed by atoms with Crippen LogP contribution in [-0.2, 0) is 10.0 Å². The quantitative estimate of drug-likeness (QED) is 0.544. The summed E-state index contributed by atoms with van der Waals surface area (Å²) in [4.78, 5) is 5.56. The summed E-state index contributed by atoms with van der Waals surface area (Å²) in [6.07, 6.45) is 1.51. The molecule has 3 rings (SSSR count). The third-order valence-corrected chi connectivity index (χ3v) is 5.16. The Labute approximate surface area is 146 Å². The van der Waals surface area contributed by atoms with Crippen molar-refractivity contribution in [3.05, 3.63) is 59.3 Å². The number of aryl methyl sites for hydroxylation is 2. The van der Waals surface area contributed by atoms with Gasteiger partial charge in [0.05, 0.1) is 13.3 Å². The average Bonchev–Trinajstić information content (AvgIpc) is 2.90. The summed E-state index contributed by atoms with van der Waals surface area (Å²) >= 11 is 0. The number of para-hydroxylation sites is 1. The van der Waals surface area contributed by atoms with Crippen LogP contribution >= 0.6 is 0 Å². The number of aromatic nitrogens is 1. The predicted molar refractivity (Wildman–Crippen MR) is 98.7 cm³/mol. The maximum atomic E-state index is 12.5. The molecule has 1 heterocycles. The first kappa shape index (κ1) is 17.0. The summed E-state index contributed by atoms with van der Waals surface area (Å²) in [5, 5.41) is 4.92. The molecule has 0 amide bonds. The van der Waals surface area contributed by atoms with Crippen LogP contribution < -0.4 is 9.57 Å². The third-order valence-electron chi connectivity index (χ3n) is 3.92. The standard InChI is InChI=1S/C18H19N3O3S/c1-12-8-9-17(24-3)18(10-12)25(22,23)21-19-11-15-13(2)20-16-7-5-4-6-14(15)16/h4-11,20-21H,1-3H3/b19-11+. The van der Waals surface area contributed by atoms with E-state index >= 15 is 0 Å². The molecule has 0 unspecified atom stereocenters. The van der Waals surface area contributed by atoms with Crippen LogP contribution in [0.4, 0.5) is 0 Å². The summed E-state index contributed by atoms with van der Waals surface area (Å²) in [5.74, 6) is 0.275. The van der Waals surface area contributed by atoms with E-state index < -0.39 is 10.0 Å². The third kappa shape index (κ3) is 3.36. The second-order valence-electron chi connectivity index (χ2n) is 5.72. The predicted octanol–water partition coefficient (Wildman–Crippen LogP) is 3.11. The number of nitrogens with zero attached hydrogens (tertiary/aromatic N) is 1. The lowest BCUT2D eigenvalue weighted by Crippen LogP contribution is -2.19. The first-order valence-electron chi connectivity index (χ1n) is 7.69. The zero-order chi connectivity index (χ0) is 18.0. The molecule has 6 nitrogen and oxygen atoms in total. The molecule has 130 valence electrons. The zero-order valence-electron chi connectivity index (χ0n) is 14.2. The summed E-state index contributed by atoms with van der Waals surface area (Å²) in [6, 6.07) is 12.7. The highest BCUT2D eigenvalue weighted by Crippen LogP contribution is 2.24. The fraction of sp³-hybridized carbons (Fsp3) is 0.167. The molecule has 0 bridgehead atoms. The average molecular weight is 357 g/mol. The molecule has 2 N–H and O–H groups in total. The maximum absolute atomic E-state index is 12.5. The summed E-state index contributed by atoms with van der Waals surface area (Å²) < 4.78 is 30.2. The van der Waals surface area contributed by atoms with E-state index in [2.05, 4.69) is 14.9 Å².